The Bertz CT molecular complexity index is 175. The van der Waals surface area contributed by atoms with E-state index in [2.05, 4.69) is 23.7 Å². The van der Waals surface area contributed by atoms with Crippen molar-refractivity contribution in [1.29, 1.82) is 0 Å². The van der Waals surface area contributed by atoms with Gasteiger partial charge in [-0.25, -0.2) is 0 Å². The second kappa shape index (κ2) is 6.20. The molecule has 82 valence electrons. The van der Waals surface area contributed by atoms with Gasteiger partial charge in [-0.3, -0.25) is 4.90 Å². The summed E-state index contributed by atoms with van der Waals surface area (Å²) >= 11 is 0. The third-order valence-corrected chi connectivity index (χ3v) is 3.01. The van der Waals surface area contributed by atoms with E-state index in [1.54, 1.807) is 0 Å². The van der Waals surface area contributed by atoms with Gasteiger partial charge in [0.1, 0.15) is 0 Å². The maximum absolute atomic E-state index is 3.97. The average molecular weight is 196 g/mol. The number of nitrogens with zero attached hydrogens (tertiary/aromatic N) is 1. The van der Waals surface area contributed by atoms with Crippen molar-refractivity contribution in [2.75, 3.05) is 26.7 Å². The molecule has 14 heavy (non-hydrogen) atoms. The molecular formula is C12H24N2. The number of hydrogen-bond donors (Lipinski definition) is 1. The number of piperidine rings is 1. The normalized spacial score (nSPS) is 23.7. The van der Waals surface area contributed by atoms with Crippen LogP contribution in [0.3, 0.4) is 0 Å². The molecule has 0 bridgehead atoms. The smallest absolute Gasteiger partial charge is 0.0220 e. The summed E-state index contributed by atoms with van der Waals surface area (Å²) in [5.74, 6) is 0. The highest BCUT2D eigenvalue weighted by molar-refractivity contribution is 4.90. The molecule has 1 unspecified atom stereocenters. The van der Waals surface area contributed by atoms with Gasteiger partial charge in [-0.1, -0.05) is 12.0 Å². The van der Waals surface area contributed by atoms with E-state index >= 15 is 0 Å². The van der Waals surface area contributed by atoms with E-state index in [-0.39, 0.29) is 0 Å². The lowest BCUT2D eigenvalue weighted by Gasteiger charge is -2.35. The highest BCUT2D eigenvalue weighted by Crippen LogP contribution is 2.17. The molecule has 0 radical (unpaired) electrons. The fourth-order valence-electron chi connectivity index (χ4n) is 2.16. The third kappa shape index (κ3) is 3.81. The third-order valence-electron chi connectivity index (χ3n) is 3.01. The Hall–Kier alpha value is -0.340. The average Bonchev–Trinajstić information content (AvgIpc) is 2.17. The minimum absolute atomic E-state index is 0.757. The van der Waals surface area contributed by atoms with Gasteiger partial charge in [0.05, 0.1) is 0 Å². The molecule has 0 aliphatic carbocycles. The Balaban J connectivity index is 2.33. The van der Waals surface area contributed by atoms with Gasteiger partial charge in [-0.15, -0.1) is 6.58 Å². The fraction of sp³-hybridized carbons (Fsp3) is 0.833. The van der Waals surface area contributed by atoms with Crippen molar-refractivity contribution in [2.45, 2.75) is 38.6 Å². The van der Waals surface area contributed by atoms with Crippen LogP contribution in [0.15, 0.2) is 12.2 Å². The second-order valence-corrected chi connectivity index (χ2v) is 4.45. The second-order valence-electron chi connectivity index (χ2n) is 4.45. The van der Waals surface area contributed by atoms with Gasteiger partial charge in [-0.2, -0.15) is 0 Å². The van der Waals surface area contributed by atoms with Crippen LogP contribution < -0.4 is 5.32 Å². The molecule has 0 saturated carbocycles. The zero-order valence-corrected chi connectivity index (χ0v) is 9.68. The summed E-state index contributed by atoms with van der Waals surface area (Å²) in [6.45, 7) is 9.70. The van der Waals surface area contributed by atoms with Crippen molar-refractivity contribution in [2.24, 2.45) is 0 Å². The molecule has 1 fully saturated rings. The van der Waals surface area contributed by atoms with E-state index < -0.39 is 0 Å². The van der Waals surface area contributed by atoms with Gasteiger partial charge in [0.15, 0.2) is 0 Å². The summed E-state index contributed by atoms with van der Waals surface area (Å²) in [6, 6.07) is 0.757. The molecule has 0 aromatic rings. The van der Waals surface area contributed by atoms with Crippen molar-refractivity contribution >= 4 is 0 Å². The summed E-state index contributed by atoms with van der Waals surface area (Å²) in [4.78, 5) is 2.62. The first-order valence-electron chi connectivity index (χ1n) is 5.77. The van der Waals surface area contributed by atoms with Crippen LogP contribution in [0.1, 0.15) is 32.6 Å². The van der Waals surface area contributed by atoms with E-state index in [0.29, 0.717) is 0 Å². The largest absolute Gasteiger partial charge is 0.318 e. The summed E-state index contributed by atoms with van der Waals surface area (Å²) < 4.78 is 0. The summed E-state index contributed by atoms with van der Waals surface area (Å²) in [5.41, 5.74) is 1.30. The minimum Gasteiger partial charge on any atom is -0.318 e. The zero-order valence-electron chi connectivity index (χ0n) is 9.68. The predicted molar refractivity (Wildman–Crippen MR) is 62.6 cm³/mol. The highest BCUT2D eigenvalue weighted by atomic mass is 15.2. The maximum Gasteiger partial charge on any atom is 0.0220 e. The molecule has 1 heterocycles. The molecular weight excluding hydrogens is 172 g/mol. The van der Waals surface area contributed by atoms with Gasteiger partial charge < -0.3 is 5.32 Å². The lowest BCUT2D eigenvalue weighted by Crippen LogP contribution is -2.45. The van der Waals surface area contributed by atoms with Crippen LogP contribution in [0.4, 0.5) is 0 Å². The van der Waals surface area contributed by atoms with Crippen LogP contribution in [-0.2, 0) is 0 Å². The number of rotatable bonds is 5. The molecule has 1 atom stereocenters. The topological polar surface area (TPSA) is 15.3 Å². The fourth-order valence-corrected chi connectivity index (χ4v) is 2.16. The SMILES string of the molecule is C=C(C)CCN1CCCCC1CNC. The summed E-state index contributed by atoms with van der Waals surface area (Å²) in [5, 5.41) is 3.29. The molecule has 1 aliphatic rings. The van der Waals surface area contributed by atoms with Crippen LogP contribution in [0, 0.1) is 0 Å². The Morgan fingerprint density at radius 2 is 2.29 bits per heavy atom. The number of likely N-dealkylation sites (N-methyl/N-ethyl adjacent to an activating group) is 1. The van der Waals surface area contributed by atoms with Crippen LogP contribution >= 0.6 is 0 Å². The standard InChI is InChI=1S/C12H24N2/c1-11(2)7-9-14-8-5-4-6-12(14)10-13-3/h12-13H,1,4-10H2,2-3H3. The van der Waals surface area contributed by atoms with Gasteiger partial charge in [0, 0.05) is 19.1 Å². The highest BCUT2D eigenvalue weighted by Gasteiger charge is 2.20. The Morgan fingerprint density at radius 1 is 1.50 bits per heavy atom. The molecule has 0 spiro atoms. The molecule has 0 aromatic carbocycles. The zero-order chi connectivity index (χ0) is 10.4. The lowest BCUT2D eigenvalue weighted by atomic mass is 10.0. The number of nitrogens with one attached hydrogen (secondary N) is 1. The number of likely N-dealkylation sites (tertiary alicyclic amines) is 1. The van der Waals surface area contributed by atoms with Gasteiger partial charge in [0.2, 0.25) is 0 Å². The first-order chi connectivity index (χ1) is 6.74. The molecule has 1 aliphatic heterocycles. The van der Waals surface area contributed by atoms with Gasteiger partial charge in [-0.05, 0) is 39.8 Å². The Morgan fingerprint density at radius 3 is 2.93 bits per heavy atom. The molecule has 2 heteroatoms. The van der Waals surface area contributed by atoms with Crippen molar-refractivity contribution in [3.8, 4) is 0 Å². The van der Waals surface area contributed by atoms with E-state index in [9.17, 15) is 0 Å². The molecule has 1 N–H and O–H groups in total. The molecule has 1 rings (SSSR count). The van der Waals surface area contributed by atoms with Crippen molar-refractivity contribution in [3.63, 3.8) is 0 Å². The Kier molecular flexibility index (Phi) is 5.20. The Labute approximate surface area is 88.4 Å². The molecule has 0 aromatic heterocycles. The van der Waals surface area contributed by atoms with E-state index in [4.69, 9.17) is 0 Å². The summed E-state index contributed by atoms with van der Waals surface area (Å²) in [6.07, 6.45) is 5.28. The van der Waals surface area contributed by atoms with Crippen LogP contribution in [-0.4, -0.2) is 37.6 Å². The predicted octanol–water partition coefficient (Wildman–Crippen LogP) is 2.03. The van der Waals surface area contributed by atoms with Crippen LogP contribution in [0.2, 0.25) is 0 Å². The van der Waals surface area contributed by atoms with E-state index in [1.807, 2.05) is 7.05 Å². The van der Waals surface area contributed by atoms with Crippen LogP contribution in [0.5, 0.6) is 0 Å². The lowest BCUT2D eigenvalue weighted by molar-refractivity contribution is 0.149. The van der Waals surface area contributed by atoms with E-state index in [0.717, 1.165) is 19.0 Å². The molecule has 0 amide bonds. The first kappa shape index (κ1) is 11.7. The van der Waals surface area contributed by atoms with E-state index in [1.165, 1.54) is 37.9 Å². The van der Waals surface area contributed by atoms with Crippen LogP contribution in [0.25, 0.3) is 0 Å². The van der Waals surface area contributed by atoms with Gasteiger partial charge in [0.25, 0.3) is 0 Å². The van der Waals surface area contributed by atoms with Crippen molar-refractivity contribution in [1.82, 2.24) is 10.2 Å². The molecule has 1 saturated heterocycles. The number of hydrogen-bond acceptors (Lipinski definition) is 2. The first-order valence-corrected chi connectivity index (χ1v) is 5.77. The monoisotopic (exact) mass is 196 g/mol. The van der Waals surface area contributed by atoms with Gasteiger partial charge >= 0.3 is 0 Å². The summed E-state index contributed by atoms with van der Waals surface area (Å²) in [7, 11) is 2.05. The van der Waals surface area contributed by atoms with Crippen molar-refractivity contribution < 1.29 is 0 Å². The molecule has 2 nitrogen and oxygen atoms in total. The minimum atomic E-state index is 0.757. The van der Waals surface area contributed by atoms with Crippen molar-refractivity contribution in [3.05, 3.63) is 12.2 Å². The maximum atomic E-state index is 3.97. The quantitative estimate of drug-likeness (QED) is 0.677.